The lowest BCUT2D eigenvalue weighted by atomic mass is 10.1. The third-order valence-corrected chi connectivity index (χ3v) is 6.11. The van der Waals surface area contributed by atoms with Crippen molar-refractivity contribution in [3.05, 3.63) is 40.1 Å². The molecule has 0 saturated heterocycles. The van der Waals surface area contributed by atoms with Crippen LogP contribution in [0, 0.1) is 20.8 Å². The zero-order valence-corrected chi connectivity index (χ0v) is 19.4. The van der Waals surface area contributed by atoms with E-state index in [4.69, 9.17) is 9.72 Å². The van der Waals surface area contributed by atoms with Gasteiger partial charge in [0.15, 0.2) is 0 Å². The molecule has 0 spiro atoms. The Morgan fingerprint density at radius 1 is 0.969 bits per heavy atom. The van der Waals surface area contributed by atoms with E-state index in [-0.39, 0.29) is 0 Å². The van der Waals surface area contributed by atoms with E-state index in [1.54, 1.807) is 4.68 Å². The van der Waals surface area contributed by atoms with Gasteiger partial charge in [0.25, 0.3) is 0 Å². The van der Waals surface area contributed by atoms with E-state index < -0.39 is 0 Å². The van der Waals surface area contributed by atoms with Crippen molar-refractivity contribution in [3.8, 4) is 17.1 Å². The van der Waals surface area contributed by atoms with Gasteiger partial charge in [0, 0.05) is 38.1 Å². The average molecular weight is 433 g/mol. The number of aromatic nitrogens is 7. The highest BCUT2D eigenvalue weighted by molar-refractivity contribution is 5.93. The number of fused-ring (bicyclic) bond motifs is 4. The lowest BCUT2D eigenvalue weighted by Crippen LogP contribution is -2.25. The minimum Gasteiger partial charge on any atom is -0.476 e. The summed E-state index contributed by atoms with van der Waals surface area (Å²) in [6, 6.07) is 2.07. The maximum atomic E-state index is 6.25. The lowest BCUT2D eigenvalue weighted by molar-refractivity contribution is 0.218. The van der Waals surface area contributed by atoms with Crippen molar-refractivity contribution in [3.63, 3.8) is 0 Å². The summed E-state index contributed by atoms with van der Waals surface area (Å²) in [6.07, 6.45) is 4.21. The maximum Gasteiger partial charge on any atom is 0.221 e. The summed E-state index contributed by atoms with van der Waals surface area (Å²) in [5.74, 6) is 0.731. The highest BCUT2D eigenvalue weighted by Crippen LogP contribution is 2.35. The number of rotatable bonds is 0. The van der Waals surface area contributed by atoms with E-state index >= 15 is 0 Å². The maximum absolute atomic E-state index is 6.25. The molecule has 166 valence electrons. The molecule has 0 saturated carbocycles. The van der Waals surface area contributed by atoms with E-state index in [9.17, 15) is 0 Å². The van der Waals surface area contributed by atoms with E-state index in [2.05, 4.69) is 50.6 Å². The molecule has 5 heterocycles. The molecular weight excluding hydrogens is 404 g/mol. The van der Waals surface area contributed by atoms with Gasteiger partial charge < -0.3 is 4.74 Å². The minimum absolute atomic E-state index is 0.544. The molecule has 32 heavy (non-hydrogen) atoms. The fourth-order valence-corrected chi connectivity index (χ4v) is 4.47. The molecule has 1 aliphatic heterocycles. The van der Waals surface area contributed by atoms with Crippen LogP contribution in [0.3, 0.4) is 0 Å². The first-order valence-electron chi connectivity index (χ1n) is 10.7. The fraction of sp³-hybridized carbons (Fsp3) is 0.391. The lowest BCUT2D eigenvalue weighted by Gasteiger charge is -2.18. The Bertz CT molecular complexity index is 1360. The topological polar surface area (TPSA) is 89.7 Å². The molecule has 0 fully saturated rings. The van der Waals surface area contributed by atoms with Crippen LogP contribution in [0.2, 0.25) is 0 Å². The number of nitrogens with one attached hydrogen (secondary N) is 1. The third-order valence-electron chi connectivity index (χ3n) is 6.11. The number of likely N-dealkylation sites (N-methyl/N-ethyl adjacent to an activating group) is 1. The summed E-state index contributed by atoms with van der Waals surface area (Å²) >= 11 is 0. The molecule has 0 amide bonds. The van der Waals surface area contributed by atoms with E-state index in [1.807, 2.05) is 39.5 Å². The first kappa shape index (κ1) is 20.4. The number of ether oxygens (including phenoxy) is 1. The van der Waals surface area contributed by atoms with Gasteiger partial charge >= 0.3 is 0 Å². The SMILES string of the molecule is Cc1nn(C)c2c1/C=C/c1[nH]nc3c(C)nc(cc13)-c1c(C)nn(C)c1OCCN(C)C2. The van der Waals surface area contributed by atoms with Crippen molar-refractivity contribution >= 4 is 23.1 Å². The summed E-state index contributed by atoms with van der Waals surface area (Å²) in [4.78, 5) is 7.09. The zero-order chi connectivity index (χ0) is 22.6. The summed E-state index contributed by atoms with van der Waals surface area (Å²) in [7, 11) is 6.00. The number of aryl methyl sites for hydroxylation is 5. The highest BCUT2D eigenvalue weighted by atomic mass is 16.5. The molecule has 4 aromatic heterocycles. The van der Waals surface area contributed by atoms with Gasteiger partial charge in [-0.05, 0) is 46.0 Å². The molecular formula is C23H28N8O. The van der Waals surface area contributed by atoms with Gasteiger partial charge in [-0.25, -0.2) is 4.68 Å². The van der Waals surface area contributed by atoms with E-state index in [0.29, 0.717) is 6.61 Å². The molecule has 0 unspecified atom stereocenters. The second-order valence-electron chi connectivity index (χ2n) is 8.50. The van der Waals surface area contributed by atoms with E-state index in [1.165, 1.54) is 0 Å². The van der Waals surface area contributed by atoms with Gasteiger partial charge in [-0.1, -0.05) is 0 Å². The van der Waals surface area contributed by atoms with E-state index in [0.717, 1.165) is 75.2 Å². The van der Waals surface area contributed by atoms with Gasteiger partial charge in [-0.15, -0.1) is 0 Å². The Balaban J connectivity index is 1.73. The minimum atomic E-state index is 0.544. The van der Waals surface area contributed by atoms with Crippen molar-refractivity contribution in [1.29, 1.82) is 0 Å². The van der Waals surface area contributed by atoms with Crippen LogP contribution in [-0.2, 0) is 20.6 Å². The molecule has 5 rings (SSSR count). The number of aromatic amines is 1. The number of H-pyrrole nitrogens is 1. The Hall–Kier alpha value is -3.46. The number of hydrogen-bond acceptors (Lipinski definition) is 6. The largest absolute Gasteiger partial charge is 0.476 e. The number of nitrogens with zero attached hydrogens (tertiary/aromatic N) is 7. The molecule has 1 N–H and O–H groups in total. The quantitative estimate of drug-likeness (QED) is 0.459. The first-order chi connectivity index (χ1) is 15.3. The monoisotopic (exact) mass is 432 g/mol. The molecule has 9 heteroatoms. The van der Waals surface area contributed by atoms with Crippen molar-refractivity contribution in [2.24, 2.45) is 14.1 Å². The molecule has 0 radical (unpaired) electrons. The van der Waals surface area contributed by atoms with Crippen LogP contribution in [0.5, 0.6) is 5.88 Å². The van der Waals surface area contributed by atoms with Crippen LogP contribution in [0.1, 0.15) is 34.0 Å². The van der Waals surface area contributed by atoms with Gasteiger partial charge in [0.05, 0.1) is 39.7 Å². The van der Waals surface area contributed by atoms with Crippen molar-refractivity contribution < 1.29 is 4.74 Å². The predicted molar refractivity (Wildman–Crippen MR) is 124 cm³/mol. The van der Waals surface area contributed by atoms with Crippen LogP contribution >= 0.6 is 0 Å². The molecule has 0 aliphatic carbocycles. The summed E-state index contributed by atoms with van der Waals surface area (Å²) < 4.78 is 10.0. The van der Waals surface area contributed by atoms with Gasteiger partial charge in [0.1, 0.15) is 12.1 Å². The standard InChI is InChI=1S/C23H28N8O/c1-13-16-7-8-18-17-11-19(24-15(3)22(17)26-25-18)21-14(2)28-31(6)23(21)32-10-9-29(4)12-20(16)30(5)27-13/h7-8,11H,9-10,12H2,1-6H3,(H,25,26)/b8-7+. The van der Waals surface area contributed by atoms with Crippen molar-refractivity contribution in [1.82, 2.24) is 39.6 Å². The Kier molecular flexibility index (Phi) is 4.85. The van der Waals surface area contributed by atoms with Crippen LogP contribution in [-0.4, -0.2) is 59.8 Å². The molecule has 2 bridgehead atoms. The van der Waals surface area contributed by atoms with Gasteiger partial charge in [0.2, 0.25) is 5.88 Å². The molecule has 0 aromatic carbocycles. The highest BCUT2D eigenvalue weighted by Gasteiger charge is 2.21. The Labute approximate surface area is 186 Å². The third kappa shape index (κ3) is 3.29. The summed E-state index contributed by atoms with van der Waals surface area (Å²) in [5, 5.41) is 18.0. The van der Waals surface area contributed by atoms with Gasteiger partial charge in [-0.2, -0.15) is 15.3 Å². The first-order valence-corrected chi connectivity index (χ1v) is 10.7. The smallest absolute Gasteiger partial charge is 0.221 e. The summed E-state index contributed by atoms with van der Waals surface area (Å²) in [6.45, 7) is 8.11. The molecule has 4 aromatic rings. The van der Waals surface area contributed by atoms with Crippen LogP contribution in [0.25, 0.3) is 34.3 Å². The fourth-order valence-electron chi connectivity index (χ4n) is 4.47. The van der Waals surface area contributed by atoms with Gasteiger partial charge in [-0.3, -0.25) is 19.7 Å². The second-order valence-corrected chi connectivity index (χ2v) is 8.50. The average Bonchev–Trinajstić information content (AvgIpc) is 3.34. The Morgan fingerprint density at radius 3 is 2.56 bits per heavy atom. The number of pyridine rings is 1. The Morgan fingerprint density at radius 2 is 1.75 bits per heavy atom. The predicted octanol–water partition coefficient (Wildman–Crippen LogP) is 3.01. The van der Waals surface area contributed by atoms with Crippen molar-refractivity contribution in [2.75, 3.05) is 20.2 Å². The molecule has 9 nitrogen and oxygen atoms in total. The van der Waals surface area contributed by atoms with Crippen LogP contribution in [0.15, 0.2) is 6.07 Å². The molecule has 0 atom stereocenters. The summed E-state index contributed by atoms with van der Waals surface area (Å²) in [5.41, 5.74) is 8.62. The second kappa shape index (κ2) is 7.59. The number of hydrogen-bond donors (Lipinski definition) is 1. The van der Waals surface area contributed by atoms with Crippen LogP contribution in [0.4, 0.5) is 0 Å². The van der Waals surface area contributed by atoms with Crippen molar-refractivity contribution in [2.45, 2.75) is 27.3 Å². The normalized spacial score (nSPS) is 15.8. The molecule has 1 aliphatic rings. The van der Waals surface area contributed by atoms with Crippen LogP contribution < -0.4 is 4.74 Å². The zero-order valence-electron chi connectivity index (χ0n) is 19.4.